The van der Waals surface area contributed by atoms with Gasteiger partial charge in [0.25, 0.3) is 0 Å². The van der Waals surface area contributed by atoms with E-state index < -0.39 is 0 Å². The average molecular weight is 311 g/mol. The van der Waals surface area contributed by atoms with Crippen LogP contribution >= 0.6 is 0 Å². The number of rotatable bonds is 3. The van der Waals surface area contributed by atoms with Gasteiger partial charge < -0.3 is 0 Å². The molecule has 0 unspecified atom stereocenters. The number of hydrogen-bond acceptors (Lipinski definition) is 2. The van der Waals surface area contributed by atoms with Crippen LogP contribution < -0.4 is 0 Å². The van der Waals surface area contributed by atoms with Crippen molar-refractivity contribution < 1.29 is 0 Å². The van der Waals surface area contributed by atoms with Gasteiger partial charge in [0.15, 0.2) is 0 Å². The third-order valence-electron chi connectivity index (χ3n) is 4.11. The third kappa shape index (κ3) is 3.00. The zero-order chi connectivity index (χ0) is 16.2. The number of nitrogens with zero attached hydrogens (tertiary/aromatic N) is 3. The molecule has 2 aliphatic rings. The Morgan fingerprint density at radius 2 is 1.62 bits per heavy atom. The van der Waals surface area contributed by atoms with Crippen molar-refractivity contribution in [3.05, 3.63) is 95.9 Å². The maximum Gasteiger partial charge on any atom is 0.136 e. The molecule has 4 rings (SSSR count). The van der Waals surface area contributed by atoms with E-state index >= 15 is 0 Å². The fourth-order valence-corrected chi connectivity index (χ4v) is 2.84. The predicted octanol–water partition coefficient (Wildman–Crippen LogP) is 3.63. The van der Waals surface area contributed by atoms with Crippen molar-refractivity contribution in [2.45, 2.75) is 12.5 Å². The van der Waals surface area contributed by atoms with Crippen molar-refractivity contribution in [2.75, 3.05) is 0 Å². The third-order valence-corrected chi connectivity index (χ3v) is 4.11. The molecular weight excluding hydrogens is 294 g/mol. The van der Waals surface area contributed by atoms with Crippen LogP contribution in [-0.2, 0) is 6.54 Å². The molecule has 0 N–H and O–H groups in total. The van der Waals surface area contributed by atoms with Crippen molar-refractivity contribution >= 4 is 0 Å². The van der Waals surface area contributed by atoms with Gasteiger partial charge in [0.2, 0.25) is 0 Å². The highest BCUT2D eigenvalue weighted by Gasteiger charge is 2.18. The minimum absolute atomic E-state index is 0.161. The van der Waals surface area contributed by atoms with Crippen molar-refractivity contribution in [1.29, 1.82) is 0 Å². The summed E-state index contributed by atoms with van der Waals surface area (Å²) in [4.78, 5) is 0. The maximum atomic E-state index is 4.41. The molecular formula is C21H17N3. The van der Waals surface area contributed by atoms with Gasteiger partial charge in [-0.2, -0.15) is 0 Å². The van der Waals surface area contributed by atoms with Crippen LogP contribution in [0.25, 0.3) is 0 Å². The lowest BCUT2D eigenvalue weighted by molar-refractivity contribution is 0.643. The number of hydrogen-bond donors (Lipinski definition) is 0. The van der Waals surface area contributed by atoms with Gasteiger partial charge in [-0.25, -0.2) is 4.68 Å². The Labute approximate surface area is 141 Å². The molecule has 0 saturated heterocycles. The molecule has 2 aromatic rings. The Hall–Kier alpha value is -3.12. The SMILES string of the molecule is C(#CC1C=CC=C1)c1c(C2C=CC=C2)nnn1Cc1ccccc1. The summed E-state index contributed by atoms with van der Waals surface area (Å²) < 4.78 is 1.90. The second-order valence-corrected chi connectivity index (χ2v) is 5.83. The topological polar surface area (TPSA) is 30.7 Å². The first-order valence-electron chi connectivity index (χ1n) is 8.09. The van der Waals surface area contributed by atoms with E-state index in [0.29, 0.717) is 6.54 Å². The first-order chi connectivity index (χ1) is 11.9. The lowest BCUT2D eigenvalue weighted by Gasteiger charge is -2.05. The van der Waals surface area contributed by atoms with Gasteiger partial charge in [-0.15, -0.1) is 5.10 Å². The molecule has 0 amide bonds. The van der Waals surface area contributed by atoms with Crippen LogP contribution in [0.15, 0.2) is 78.9 Å². The molecule has 1 aromatic carbocycles. The lowest BCUT2D eigenvalue weighted by atomic mass is 10.0. The second-order valence-electron chi connectivity index (χ2n) is 5.83. The summed E-state index contributed by atoms with van der Waals surface area (Å²) in [7, 11) is 0. The van der Waals surface area contributed by atoms with Gasteiger partial charge in [0, 0.05) is 5.92 Å². The Balaban J connectivity index is 1.70. The average Bonchev–Trinajstić information content (AvgIpc) is 3.36. The summed E-state index contributed by atoms with van der Waals surface area (Å²) in [6.07, 6.45) is 16.6. The molecule has 0 bridgehead atoms. The van der Waals surface area contributed by atoms with Crippen LogP contribution in [0.3, 0.4) is 0 Å². The minimum atomic E-state index is 0.161. The molecule has 3 heteroatoms. The standard InChI is InChI=1S/C21H17N3/c1-2-10-18(11-3-1)16-24-20(15-14-17-8-4-5-9-17)21(22-23-24)19-12-6-7-13-19/h1-13,17,19H,16H2. The van der Waals surface area contributed by atoms with Crippen molar-refractivity contribution in [1.82, 2.24) is 15.0 Å². The Morgan fingerprint density at radius 1 is 0.917 bits per heavy atom. The van der Waals surface area contributed by atoms with Gasteiger partial charge >= 0.3 is 0 Å². The Morgan fingerprint density at radius 3 is 2.38 bits per heavy atom. The van der Waals surface area contributed by atoms with Crippen LogP contribution in [-0.4, -0.2) is 15.0 Å². The van der Waals surface area contributed by atoms with E-state index in [1.54, 1.807) is 0 Å². The van der Waals surface area contributed by atoms with Gasteiger partial charge in [-0.3, -0.25) is 0 Å². The van der Waals surface area contributed by atoms with E-state index in [2.05, 4.69) is 58.6 Å². The zero-order valence-corrected chi connectivity index (χ0v) is 13.2. The Bertz CT molecular complexity index is 878. The Kier molecular flexibility index (Phi) is 3.95. The fourth-order valence-electron chi connectivity index (χ4n) is 2.84. The van der Waals surface area contributed by atoms with E-state index in [1.165, 1.54) is 5.56 Å². The van der Waals surface area contributed by atoms with Gasteiger partial charge in [0.05, 0.1) is 12.5 Å². The van der Waals surface area contributed by atoms with Crippen LogP contribution in [0.5, 0.6) is 0 Å². The summed E-state index contributed by atoms with van der Waals surface area (Å²) in [5.74, 6) is 6.95. The molecule has 0 saturated carbocycles. The number of allylic oxidation sites excluding steroid dienone is 8. The molecule has 3 nitrogen and oxygen atoms in total. The van der Waals surface area contributed by atoms with Gasteiger partial charge in [-0.1, -0.05) is 90.1 Å². The van der Waals surface area contributed by atoms with Crippen molar-refractivity contribution in [3.8, 4) is 11.8 Å². The van der Waals surface area contributed by atoms with Crippen molar-refractivity contribution in [3.63, 3.8) is 0 Å². The lowest BCUT2D eigenvalue weighted by Crippen LogP contribution is -2.06. The smallest absolute Gasteiger partial charge is 0.136 e. The molecule has 0 spiro atoms. The van der Waals surface area contributed by atoms with E-state index in [0.717, 1.165) is 11.4 Å². The predicted molar refractivity (Wildman–Crippen MR) is 95.2 cm³/mol. The van der Waals surface area contributed by atoms with E-state index in [-0.39, 0.29) is 11.8 Å². The highest BCUT2D eigenvalue weighted by atomic mass is 15.4. The summed E-state index contributed by atoms with van der Waals surface area (Å²) in [6, 6.07) is 10.3. The summed E-state index contributed by atoms with van der Waals surface area (Å²) in [5.41, 5.74) is 3.01. The molecule has 0 aliphatic heterocycles. The van der Waals surface area contributed by atoms with Crippen LogP contribution in [0.2, 0.25) is 0 Å². The summed E-state index contributed by atoms with van der Waals surface area (Å²) in [5, 5.41) is 8.77. The monoisotopic (exact) mass is 311 g/mol. The zero-order valence-electron chi connectivity index (χ0n) is 13.2. The molecule has 2 aliphatic carbocycles. The summed E-state index contributed by atoms with van der Waals surface area (Å²) in [6.45, 7) is 0.675. The quantitative estimate of drug-likeness (QED) is 0.810. The van der Waals surface area contributed by atoms with Crippen LogP contribution in [0, 0.1) is 17.8 Å². The maximum absolute atomic E-state index is 4.41. The molecule has 1 aromatic heterocycles. The molecule has 0 radical (unpaired) electrons. The van der Waals surface area contributed by atoms with Gasteiger partial charge in [-0.05, 0) is 11.5 Å². The number of aromatic nitrogens is 3. The molecule has 1 heterocycles. The largest absolute Gasteiger partial charge is 0.232 e. The van der Waals surface area contributed by atoms with E-state index in [9.17, 15) is 0 Å². The normalized spacial score (nSPS) is 16.0. The first kappa shape index (κ1) is 14.5. The van der Waals surface area contributed by atoms with Gasteiger partial charge in [0.1, 0.15) is 11.4 Å². The molecule has 0 fully saturated rings. The molecule has 0 atom stereocenters. The fraction of sp³-hybridized carbons (Fsp3) is 0.143. The highest BCUT2D eigenvalue weighted by molar-refractivity contribution is 5.42. The van der Waals surface area contributed by atoms with E-state index in [4.69, 9.17) is 0 Å². The van der Waals surface area contributed by atoms with E-state index in [1.807, 2.05) is 47.2 Å². The second kappa shape index (κ2) is 6.55. The summed E-state index contributed by atoms with van der Waals surface area (Å²) >= 11 is 0. The first-order valence-corrected chi connectivity index (χ1v) is 8.09. The van der Waals surface area contributed by atoms with Crippen LogP contribution in [0.1, 0.15) is 22.9 Å². The molecule has 24 heavy (non-hydrogen) atoms. The molecule has 116 valence electrons. The van der Waals surface area contributed by atoms with Crippen LogP contribution in [0.4, 0.5) is 0 Å². The highest BCUT2D eigenvalue weighted by Crippen LogP contribution is 2.24. The minimum Gasteiger partial charge on any atom is -0.232 e. The van der Waals surface area contributed by atoms with Crippen molar-refractivity contribution in [2.24, 2.45) is 5.92 Å². The number of benzene rings is 1.